The minimum absolute atomic E-state index is 0.292. The Morgan fingerprint density at radius 2 is 2.12 bits per heavy atom. The van der Waals surface area contributed by atoms with Gasteiger partial charge < -0.3 is 5.32 Å². The predicted octanol–water partition coefficient (Wildman–Crippen LogP) is 4.39. The molecule has 16 heavy (non-hydrogen) atoms. The van der Waals surface area contributed by atoms with Crippen LogP contribution in [-0.4, -0.2) is 4.98 Å². The molecule has 0 bridgehead atoms. The van der Waals surface area contributed by atoms with E-state index in [1.54, 1.807) is 0 Å². The quantitative estimate of drug-likeness (QED) is 0.850. The van der Waals surface area contributed by atoms with Crippen molar-refractivity contribution >= 4 is 33.1 Å². The number of anilines is 1. The van der Waals surface area contributed by atoms with Crippen molar-refractivity contribution in [2.24, 2.45) is 0 Å². The van der Waals surface area contributed by atoms with E-state index in [0.29, 0.717) is 6.04 Å². The molecule has 0 aliphatic carbocycles. The van der Waals surface area contributed by atoms with Gasteiger partial charge in [0.05, 0.1) is 6.04 Å². The van der Waals surface area contributed by atoms with Gasteiger partial charge in [-0.25, -0.2) is 4.98 Å². The van der Waals surface area contributed by atoms with E-state index >= 15 is 0 Å². The lowest BCUT2D eigenvalue weighted by atomic mass is 10.2. The van der Waals surface area contributed by atoms with Gasteiger partial charge in [0.15, 0.2) is 0 Å². The summed E-state index contributed by atoms with van der Waals surface area (Å²) >= 11 is 5.18. The Bertz CT molecular complexity index is 481. The van der Waals surface area contributed by atoms with Crippen LogP contribution in [0, 0.1) is 6.92 Å². The number of aryl methyl sites for hydroxylation is 1. The van der Waals surface area contributed by atoms with Crippen molar-refractivity contribution in [3.63, 3.8) is 0 Å². The highest BCUT2D eigenvalue weighted by molar-refractivity contribution is 9.10. The summed E-state index contributed by atoms with van der Waals surface area (Å²) in [6.45, 7) is 4.27. The van der Waals surface area contributed by atoms with Crippen LogP contribution in [0.2, 0.25) is 0 Å². The maximum Gasteiger partial charge on any atom is 0.127 e. The largest absolute Gasteiger partial charge is 0.363 e. The second-order valence-electron chi connectivity index (χ2n) is 3.66. The maximum absolute atomic E-state index is 4.36. The number of aromatic nitrogens is 1. The van der Waals surface area contributed by atoms with Gasteiger partial charge in [-0.3, -0.25) is 0 Å². The zero-order valence-corrected chi connectivity index (χ0v) is 11.6. The third-order valence-corrected chi connectivity index (χ3v) is 3.89. The molecule has 84 valence electrons. The third-order valence-electron chi connectivity index (χ3n) is 2.27. The average molecular weight is 297 g/mol. The fourth-order valence-electron chi connectivity index (χ4n) is 1.47. The molecule has 0 aromatic carbocycles. The van der Waals surface area contributed by atoms with Gasteiger partial charge in [0.1, 0.15) is 10.4 Å². The molecule has 0 radical (unpaired) electrons. The molecule has 2 aromatic rings. The van der Waals surface area contributed by atoms with Crippen LogP contribution >= 0.6 is 27.3 Å². The number of nitrogens with one attached hydrogen (secondary N) is 1. The number of rotatable bonds is 3. The summed E-state index contributed by atoms with van der Waals surface area (Å²) < 4.78 is 0.854. The smallest absolute Gasteiger partial charge is 0.127 e. The van der Waals surface area contributed by atoms with Crippen LogP contribution in [0.3, 0.4) is 0 Å². The van der Waals surface area contributed by atoms with Crippen molar-refractivity contribution < 1.29 is 0 Å². The topological polar surface area (TPSA) is 24.9 Å². The van der Waals surface area contributed by atoms with E-state index in [1.165, 1.54) is 9.75 Å². The monoisotopic (exact) mass is 296 g/mol. The first-order valence-corrected chi connectivity index (χ1v) is 6.71. The molecule has 1 N–H and O–H groups in total. The van der Waals surface area contributed by atoms with E-state index in [-0.39, 0.29) is 0 Å². The summed E-state index contributed by atoms with van der Waals surface area (Å²) in [5, 5.41) is 3.38. The Morgan fingerprint density at radius 1 is 1.31 bits per heavy atom. The summed E-state index contributed by atoms with van der Waals surface area (Å²) in [6, 6.07) is 10.5. The number of halogens is 1. The van der Waals surface area contributed by atoms with Gasteiger partial charge in [-0.2, -0.15) is 0 Å². The van der Waals surface area contributed by atoms with Gasteiger partial charge in [0.2, 0.25) is 0 Å². The van der Waals surface area contributed by atoms with E-state index in [2.05, 4.69) is 52.2 Å². The maximum atomic E-state index is 4.36. The van der Waals surface area contributed by atoms with Gasteiger partial charge in [-0.15, -0.1) is 11.3 Å². The number of hydrogen-bond acceptors (Lipinski definition) is 3. The van der Waals surface area contributed by atoms with E-state index in [1.807, 2.05) is 29.5 Å². The minimum atomic E-state index is 0.292. The second-order valence-corrected chi connectivity index (χ2v) is 5.79. The molecule has 0 saturated heterocycles. The van der Waals surface area contributed by atoms with E-state index in [9.17, 15) is 0 Å². The Labute approximate surface area is 108 Å². The third kappa shape index (κ3) is 2.83. The van der Waals surface area contributed by atoms with Crippen molar-refractivity contribution in [2.45, 2.75) is 19.9 Å². The van der Waals surface area contributed by atoms with E-state index in [4.69, 9.17) is 0 Å². The van der Waals surface area contributed by atoms with Crippen LogP contribution in [0.15, 0.2) is 34.9 Å². The fraction of sp³-hybridized carbons (Fsp3) is 0.250. The van der Waals surface area contributed by atoms with Crippen molar-refractivity contribution in [1.82, 2.24) is 4.98 Å². The van der Waals surface area contributed by atoms with E-state index < -0.39 is 0 Å². The van der Waals surface area contributed by atoms with Crippen molar-refractivity contribution in [1.29, 1.82) is 0 Å². The zero-order valence-electron chi connectivity index (χ0n) is 9.20. The molecular weight excluding hydrogens is 284 g/mol. The lowest BCUT2D eigenvalue weighted by Crippen LogP contribution is -2.06. The fourth-order valence-corrected chi connectivity index (χ4v) is 2.69. The van der Waals surface area contributed by atoms with Crippen LogP contribution in [0.1, 0.15) is 22.7 Å². The minimum Gasteiger partial charge on any atom is -0.363 e. The van der Waals surface area contributed by atoms with E-state index in [0.717, 1.165) is 10.4 Å². The number of hydrogen-bond donors (Lipinski definition) is 1. The molecule has 0 aliphatic rings. The first-order valence-electron chi connectivity index (χ1n) is 5.10. The lowest BCUT2D eigenvalue weighted by Gasteiger charge is -2.12. The summed E-state index contributed by atoms with van der Waals surface area (Å²) in [5.74, 6) is 0.896. The first-order chi connectivity index (χ1) is 7.65. The van der Waals surface area contributed by atoms with Crippen molar-refractivity contribution in [2.75, 3.05) is 5.32 Å². The summed E-state index contributed by atoms with van der Waals surface area (Å²) in [4.78, 5) is 7.03. The highest BCUT2D eigenvalue weighted by atomic mass is 79.9. The molecule has 0 spiro atoms. The number of pyridine rings is 1. The summed E-state index contributed by atoms with van der Waals surface area (Å²) in [6.07, 6.45) is 0. The molecule has 1 atom stereocenters. The highest BCUT2D eigenvalue weighted by Crippen LogP contribution is 2.25. The molecule has 1 unspecified atom stereocenters. The summed E-state index contributed by atoms with van der Waals surface area (Å²) in [7, 11) is 0. The Hall–Kier alpha value is -0.870. The van der Waals surface area contributed by atoms with Crippen LogP contribution in [0.5, 0.6) is 0 Å². The van der Waals surface area contributed by atoms with Crippen molar-refractivity contribution in [3.05, 3.63) is 44.7 Å². The van der Waals surface area contributed by atoms with Gasteiger partial charge in [-0.05, 0) is 54.0 Å². The molecule has 0 amide bonds. The first kappa shape index (κ1) is 11.6. The van der Waals surface area contributed by atoms with Gasteiger partial charge in [0.25, 0.3) is 0 Å². The van der Waals surface area contributed by atoms with Crippen LogP contribution < -0.4 is 5.32 Å². The predicted molar refractivity (Wildman–Crippen MR) is 73.0 cm³/mol. The van der Waals surface area contributed by atoms with Crippen LogP contribution in [0.25, 0.3) is 0 Å². The van der Waals surface area contributed by atoms with Crippen molar-refractivity contribution in [3.8, 4) is 0 Å². The average Bonchev–Trinajstić information content (AvgIpc) is 2.65. The lowest BCUT2D eigenvalue weighted by molar-refractivity contribution is 0.895. The zero-order chi connectivity index (χ0) is 11.5. The molecule has 0 fully saturated rings. The van der Waals surface area contributed by atoms with Gasteiger partial charge in [0, 0.05) is 9.75 Å². The number of nitrogens with zero attached hydrogens (tertiary/aromatic N) is 1. The Morgan fingerprint density at radius 3 is 2.75 bits per heavy atom. The molecule has 0 saturated carbocycles. The molecular formula is C12H13BrN2S. The molecule has 2 aromatic heterocycles. The molecule has 2 rings (SSSR count). The standard InChI is InChI=1S/C12H13BrN2S/c1-8-6-7-10(16-8)9(2)14-12-5-3-4-11(13)15-12/h3-7,9H,1-2H3,(H,14,15). The summed E-state index contributed by atoms with van der Waals surface area (Å²) in [5.41, 5.74) is 0. The van der Waals surface area contributed by atoms with Crippen LogP contribution in [0.4, 0.5) is 5.82 Å². The normalized spacial score (nSPS) is 12.4. The molecule has 4 heteroatoms. The molecule has 0 aliphatic heterocycles. The highest BCUT2D eigenvalue weighted by Gasteiger charge is 2.07. The second kappa shape index (κ2) is 4.97. The van der Waals surface area contributed by atoms with Gasteiger partial charge >= 0.3 is 0 Å². The Kier molecular flexibility index (Phi) is 3.61. The van der Waals surface area contributed by atoms with Gasteiger partial charge in [-0.1, -0.05) is 6.07 Å². The molecule has 2 nitrogen and oxygen atoms in total. The molecule has 2 heterocycles. The SMILES string of the molecule is Cc1ccc(C(C)Nc2cccc(Br)n2)s1. The van der Waals surface area contributed by atoms with Crippen LogP contribution in [-0.2, 0) is 0 Å². The number of thiophene rings is 1. The Balaban J connectivity index is 2.10.